The Kier molecular flexibility index (Phi) is 3.74. The van der Waals surface area contributed by atoms with Crippen molar-refractivity contribution in [2.24, 2.45) is 0 Å². The van der Waals surface area contributed by atoms with Gasteiger partial charge in [0.15, 0.2) is 16.6 Å². The van der Waals surface area contributed by atoms with E-state index in [-0.39, 0.29) is 0 Å². The third-order valence-corrected chi connectivity index (χ3v) is 3.86. The molecule has 2 heterocycles. The molecule has 7 heteroatoms. The fourth-order valence-corrected chi connectivity index (χ4v) is 2.75. The van der Waals surface area contributed by atoms with Gasteiger partial charge in [0.05, 0.1) is 12.8 Å². The lowest BCUT2D eigenvalue weighted by Crippen LogP contribution is -2.05. The number of hydrogen-bond donors (Lipinski definition) is 2. The van der Waals surface area contributed by atoms with Gasteiger partial charge < -0.3 is 15.8 Å². The number of nitrogen functional groups attached to an aromatic ring is 1. The van der Waals surface area contributed by atoms with E-state index >= 15 is 0 Å². The summed E-state index contributed by atoms with van der Waals surface area (Å²) >= 11 is 1.29. The van der Waals surface area contributed by atoms with Crippen molar-refractivity contribution in [2.75, 3.05) is 18.2 Å². The van der Waals surface area contributed by atoms with Crippen molar-refractivity contribution in [3.8, 4) is 11.4 Å². The van der Waals surface area contributed by atoms with Crippen LogP contribution in [0.5, 0.6) is 5.75 Å². The number of ether oxygens (including phenoxy) is 1. The van der Waals surface area contributed by atoms with Crippen molar-refractivity contribution in [3.63, 3.8) is 0 Å². The summed E-state index contributed by atoms with van der Waals surface area (Å²) in [6.07, 6.45) is 3.68. The molecule has 1 aromatic carbocycles. The van der Waals surface area contributed by atoms with E-state index in [1.807, 2.05) is 35.1 Å². The number of rotatable bonds is 5. The summed E-state index contributed by atoms with van der Waals surface area (Å²) in [7, 11) is 1.59. The summed E-state index contributed by atoms with van der Waals surface area (Å²) in [5, 5.41) is 8.41. The van der Waals surface area contributed by atoms with E-state index in [4.69, 9.17) is 10.5 Å². The Balaban J connectivity index is 1.83. The maximum Gasteiger partial charge on any atom is 0.197 e. The topological polar surface area (TPSA) is 78.0 Å². The summed E-state index contributed by atoms with van der Waals surface area (Å²) in [6.45, 7) is 0.633. The third kappa shape index (κ3) is 2.68. The average molecular weight is 301 g/mol. The summed E-state index contributed by atoms with van der Waals surface area (Å²) < 4.78 is 11.2. The Hall–Kier alpha value is -2.54. The first-order valence-corrected chi connectivity index (χ1v) is 7.18. The molecular formula is C14H15N5OS. The molecular weight excluding hydrogens is 286 g/mol. The number of nitrogens with two attached hydrogens (primary N) is 1. The van der Waals surface area contributed by atoms with Gasteiger partial charge in [0.25, 0.3) is 0 Å². The molecule has 2 aromatic heterocycles. The zero-order chi connectivity index (χ0) is 14.7. The molecule has 3 aromatic rings. The Morgan fingerprint density at radius 1 is 1.33 bits per heavy atom. The molecule has 0 saturated carbocycles. The average Bonchev–Trinajstić information content (AvgIpc) is 3.15. The summed E-state index contributed by atoms with van der Waals surface area (Å²) in [5.74, 6) is 1.00. The third-order valence-electron chi connectivity index (χ3n) is 3.06. The van der Waals surface area contributed by atoms with E-state index in [9.17, 15) is 0 Å². The molecule has 0 spiro atoms. The van der Waals surface area contributed by atoms with E-state index < -0.39 is 0 Å². The van der Waals surface area contributed by atoms with Gasteiger partial charge in [0.1, 0.15) is 0 Å². The van der Waals surface area contributed by atoms with Crippen LogP contribution >= 0.6 is 11.5 Å². The van der Waals surface area contributed by atoms with Crippen molar-refractivity contribution >= 4 is 22.4 Å². The molecule has 6 nitrogen and oxygen atoms in total. The molecule has 0 radical (unpaired) electrons. The fraction of sp³-hybridized carbons (Fsp3) is 0.143. The highest BCUT2D eigenvalue weighted by Crippen LogP contribution is 2.35. The van der Waals surface area contributed by atoms with E-state index in [1.165, 1.54) is 11.5 Å². The number of anilines is 2. The lowest BCUT2D eigenvalue weighted by atomic mass is 10.2. The lowest BCUT2D eigenvalue weighted by molar-refractivity contribution is 0.419. The molecule has 0 fully saturated rings. The summed E-state index contributed by atoms with van der Waals surface area (Å²) in [4.78, 5) is 0. The SMILES string of the molecule is COc1c(N)nsc1NCc1ccccc1-n1cccn1. The van der Waals surface area contributed by atoms with E-state index in [0.717, 1.165) is 16.3 Å². The molecule has 108 valence electrons. The molecule has 0 aliphatic heterocycles. The predicted octanol–water partition coefficient (Wildman–Crippen LogP) is 2.53. The van der Waals surface area contributed by atoms with Gasteiger partial charge in [-0.1, -0.05) is 18.2 Å². The van der Waals surface area contributed by atoms with Gasteiger partial charge in [0.2, 0.25) is 0 Å². The molecule has 3 rings (SSSR count). The zero-order valence-electron chi connectivity index (χ0n) is 11.5. The maximum atomic E-state index is 5.75. The first-order chi connectivity index (χ1) is 10.3. The van der Waals surface area contributed by atoms with Gasteiger partial charge >= 0.3 is 0 Å². The Morgan fingerprint density at radius 2 is 2.19 bits per heavy atom. The minimum absolute atomic E-state index is 0.408. The normalized spacial score (nSPS) is 10.5. The molecule has 0 unspecified atom stereocenters. The first kappa shape index (κ1) is 13.4. The van der Waals surface area contributed by atoms with Crippen molar-refractivity contribution in [2.45, 2.75) is 6.54 Å². The van der Waals surface area contributed by atoms with Crippen LogP contribution in [-0.4, -0.2) is 21.3 Å². The lowest BCUT2D eigenvalue weighted by Gasteiger charge is -2.11. The van der Waals surface area contributed by atoms with Crippen LogP contribution in [0.25, 0.3) is 5.69 Å². The summed E-state index contributed by atoms with van der Waals surface area (Å²) in [6, 6.07) is 9.98. The first-order valence-electron chi connectivity index (χ1n) is 6.40. The van der Waals surface area contributed by atoms with Gasteiger partial charge in [0, 0.05) is 18.9 Å². The number of para-hydroxylation sites is 1. The second-order valence-corrected chi connectivity index (χ2v) is 5.14. The molecule has 0 bridgehead atoms. The van der Waals surface area contributed by atoms with Gasteiger partial charge in [-0.15, -0.1) is 0 Å². The summed E-state index contributed by atoms with van der Waals surface area (Å²) in [5.41, 5.74) is 7.90. The van der Waals surface area contributed by atoms with Crippen LogP contribution in [0.4, 0.5) is 10.8 Å². The number of aromatic nitrogens is 3. The van der Waals surface area contributed by atoms with Crippen LogP contribution < -0.4 is 15.8 Å². The second kappa shape index (κ2) is 5.84. The highest BCUT2D eigenvalue weighted by molar-refractivity contribution is 7.11. The van der Waals surface area contributed by atoms with Crippen LogP contribution in [-0.2, 0) is 6.54 Å². The number of methoxy groups -OCH3 is 1. The van der Waals surface area contributed by atoms with Gasteiger partial charge in [-0.3, -0.25) is 0 Å². The highest BCUT2D eigenvalue weighted by atomic mass is 32.1. The minimum Gasteiger partial charge on any atom is -0.490 e. The van der Waals surface area contributed by atoms with Crippen LogP contribution in [0.1, 0.15) is 5.56 Å². The standard InChI is InChI=1S/C14H15N5OS/c1-20-12-13(15)18-21-14(12)16-9-10-5-2-3-6-11(10)19-8-4-7-17-19/h2-8,16H,9H2,1H3,(H2,15,18). The fourth-order valence-electron chi connectivity index (χ4n) is 2.07. The van der Waals surface area contributed by atoms with Crippen molar-refractivity contribution in [3.05, 3.63) is 48.3 Å². The van der Waals surface area contributed by atoms with Gasteiger partial charge in [-0.05, 0) is 29.2 Å². The van der Waals surface area contributed by atoms with E-state index in [2.05, 4.69) is 20.9 Å². The van der Waals surface area contributed by atoms with Crippen molar-refractivity contribution in [1.29, 1.82) is 0 Å². The Morgan fingerprint density at radius 3 is 2.95 bits per heavy atom. The Bertz CT molecular complexity index is 723. The van der Waals surface area contributed by atoms with Gasteiger partial charge in [-0.25, -0.2) is 4.68 Å². The smallest absolute Gasteiger partial charge is 0.197 e. The van der Waals surface area contributed by atoms with E-state index in [0.29, 0.717) is 18.1 Å². The molecule has 0 aliphatic carbocycles. The predicted molar refractivity (Wildman–Crippen MR) is 84.0 cm³/mol. The quantitative estimate of drug-likeness (QED) is 0.757. The van der Waals surface area contributed by atoms with Crippen LogP contribution in [0.3, 0.4) is 0 Å². The van der Waals surface area contributed by atoms with E-state index in [1.54, 1.807) is 13.3 Å². The van der Waals surface area contributed by atoms with Crippen LogP contribution in [0.15, 0.2) is 42.7 Å². The van der Waals surface area contributed by atoms with Crippen LogP contribution in [0, 0.1) is 0 Å². The number of hydrogen-bond acceptors (Lipinski definition) is 6. The molecule has 0 aliphatic rings. The van der Waals surface area contributed by atoms with Crippen molar-refractivity contribution < 1.29 is 4.74 Å². The maximum absolute atomic E-state index is 5.75. The number of nitrogens with one attached hydrogen (secondary N) is 1. The molecule has 0 atom stereocenters. The number of nitrogens with zero attached hydrogens (tertiary/aromatic N) is 3. The molecule has 0 amide bonds. The minimum atomic E-state index is 0.408. The zero-order valence-corrected chi connectivity index (χ0v) is 12.3. The molecule has 21 heavy (non-hydrogen) atoms. The van der Waals surface area contributed by atoms with Crippen LogP contribution in [0.2, 0.25) is 0 Å². The Labute approximate surface area is 126 Å². The molecule has 3 N–H and O–H groups in total. The van der Waals surface area contributed by atoms with Crippen molar-refractivity contribution in [1.82, 2.24) is 14.2 Å². The monoisotopic (exact) mass is 301 g/mol. The second-order valence-electron chi connectivity index (χ2n) is 4.36. The van der Waals surface area contributed by atoms with Gasteiger partial charge in [-0.2, -0.15) is 9.47 Å². The number of benzene rings is 1. The highest BCUT2D eigenvalue weighted by Gasteiger charge is 2.12. The largest absolute Gasteiger partial charge is 0.490 e. The molecule has 0 saturated heterocycles.